The van der Waals surface area contributed by atoms with Gasteiger partial charge < -0.3 is 19.4 Å². The second kappa shape index (κ2) is 10.3. The van der Waals surface area contributed by atoms with Crippen molar-refractivity contribution in [3.63, 3.8) is 0 Å². The molecule has 0 bridgehead atoms. The summed E-state index contributed by atoms with van der Waals surface area (Å²) in [6.45, 7) is 5.41. The summed E-state index contributed by atoms with van der Waals surface area (Å²) in [6, 6.07) is 15.7. The van der Waals surface area contributed by atoms with Crippen LogP contribution in [-0.2, 0) is 11.8 Å². The van der Waals surface area contributed by atoms with Crippen molar-refractivity contribution in [1.29, 1.82) is 0 Å². The lowest BCUT2D eigenvalue weighted by atomic mass is 9.96. The van der Waals surface area contributed by atoms with Crippen molar-refractivity contribution in [2.24, 2.45) is 7.05 Å². The fourth-order valence-electron chi connectivity index (χ4n) is 4.95. The molecule has 0 spiro atoms. The Morgan fingerprint density at radius 3 is 2.52 bits per heavy atom. The average molecular weight is 533 g/mol. The van der Waals surface area contributed by atoms with E-state index in [2.05, 4.69) is 31.4 Å². The van der Waals surface area contributed by atoms with Gasteiger partial charge in [-0.05, 0) is 67.3 Å². The molecule has 1 saturated carbocycles. The van der Waals surface area contributed by atoms with Crippen molar-refractivity contribution in [3.05, 3.63) is 85.1 Å². The normalized spacial score (nSPS) is 12.8. The maximum atomic E-state index is 11.8. The second-order valence-electron chi connectivity index (χ2n) is 9.73. The Morgan fingerprint density at radius 2 is 1.82 bits per heavy atom. The molecule has 0 aliphatic heterocycles. The number of rotatable bonds is 8. The molecule has 2 aromatic carbocycles. The molecule has 3 heterocycles. The summed E-state index contributed by atoms with van der Waals surface area (Å²) < 4.78 is 13.9. The lowest BCUT2D eigenvalue weighted by Gasteiger charge is -2.14. The molecule has 6 rings (SSSR count). The van der Waals surface area contributed by atoms with Crippen molar-refractivity contribution in [1.82, 2.24) is 24.5 Å². The summed E-state index contributed by atoms with van der Waals surface area (Å²) >= 11 is 0. The van der Waals surface area contributed by atoms with E-state index in [4.69, 9.17) is 14.5 Å². The van der Waals surface area contributed by atoms with E-state index in [0.29, 0.717) is 23.1 Å². The van der Waals surface area contributed by atoms with Crippen LogP contribution < -0.4 is 14.8 Å². The first-order valence-corrected chi connectivity index (χ1v) is 13.0. The second-order valence-corrected chi connectivity index (χ2v) is 9.73. The van der Waals surface area contributed by atoms with E-state index in [9.17, 15) is 4.79 Å². The molecule has 1 aliphatic rings. The molecular formula is C31H28N6O3. The van der Waals surface area contributed by atoms with Gasteiger partial charge >= 0.3 is 6.01 Å². The standard InChI is InChI=1S/C31H28N6O3/c1-5-25(38)36-22-11-8-20(9-12-22)29-26(27-28(19-6-7-19)33-17-34-30(27)37(29)3)21-10-13-23(24(16-21)39-4)40-31-32-15-14-18(2)35-31/h5,8-17,19H,1,6-7H2,2-4H3,(H,36,38). The molecule has 200 valence electrons. The molecule has 1 N–H and O–H groups in total. The molecule has 0 unspecified atom stereocenters. The third kappa shape index (κ3) is 4.66. The maximum absolute atomic E-state index is 11.8. The number of aromatic nitrogens is 5. The summed E-state index contributed by atoms with van der Waals surface area (Å²) in [4.78, 5) is 29.8. The van der Waals surface area contributed by atoms with Crippen molar-refractivity contribution < 1.29 is 14.3 Å². The number of methoxy groups -OCH3 is 1. The van der Waals surface area contributed by atoms with Crippen LogP contribution in [0.25, 0.3) is 33.4 Å². The van der Waals surface area contributed by atoms with Gasteiger partial charge in [0.05, 0.1) is 18.5 Å². The molecule has 0 saturated heterocycles. The van der Waals surface area contributed by atoms with Gasteiger partial charge in [-0.1, -0.05) is 24.8 Å². The number of ether oxygens (including phenoxy) is 2. The zero-order valence-corrected chi connectivity index (χ0v) is 22.5. The molecule has 0 radical (unpaired) electrons. The zero-order chi connectivity index (χ0) is 27.8. The zero-order valence-electron chi connectivity index (χ0n) is 22.5. The Kier molecular flexibility index (Phi) is 6.47. The van der Waals surface area contributed by atoms with Crippen LogP contribution in [0.3, 0.4) is 0 Å². The Bertz CT molecular complexity index is 1760. The highest BCUT2D eigenvalue weighted by atomic mass is 16.5. The molecule has 9 nitrogen and oxygen atoms in total. The van der Waals surface area contributed by atoms with Crippen molar-refractivity contribution in [2.75, 3.05) is 12.4 Å². The number of amides is 1. The monoisotopic (exact) mass is 532 g/mol. The number of anilines is 1. The number of carbonyl (C=O) groups is 1. The van der Waals surface area contributed by atoms with Gasteiger partial charge in [-0.15, -0.1) is 0 Å². The minimum absolute atomic E-state index is 0.255. The third-order valence-electron chi connectivity index (χ3n) is 7.00. The van der Waals surface area contributed by atoms with Gasteiger partial charge in [0, 0.05) is 41.5 Å². The Labute approximate surface area is 231 Å². The molecule has 1 aliphatic carbocycles. The van der Waals surface area contributed by atoms with Crippen LogP contribution >= 0.6 is 0 Å². The van der Waals surface area contributed by atoms with Crippen molar-refractivity contribution in [3.8, 4) is 39.9 Å². The van der Waals surface area contributed by atoms with Crippen LogP contribution in [0.1, 0.15) is 30.1 Å². The van der Waals surface area contributed by atoms with Crippen LogP contribution in [0.4, 0.5) is 5.69 Å². The summed E-state index contributed by atoms with van der Waals surface area (Å²) in [6.07, 6.45) is 6.78. The van der Waals surface area contributed by atoms with Gasteiger partial charge in [-0.3, -0.25) is 4.79 Å². The number of nitrogens with zero attached hydrogens (tertiary/aromatic N) is 5. The van der Waals surface area contributed by atoms with Gasteiger partial charge in [-0.2, -0.15) is 0 Å². The predicted octanol–water partition coefficient (Wildman–Crippen LogP) is 6.20. The van der Waals surface area contributed by atoms with Crippen LogP contribution in [0.15, 0.2) is 73.7 Å². The lowest BCUT2D eigenvalue weighted by molar-refractivity contribution is -0.111. The summed E-state index contributed by atoms with van der Waals surface area (Å²) in [5, 5.41) is 3.84. The smallest absolute Gasteiger partial charge is 0.322 e. The molecule has 9 heteroatoms. The van der Waals surface area contributed by atoms with E-state index < -0.39 is 0 Å². The number of hydrogen-bond acceptors (Lipinski definition) is 7. The lowest BCUT2D eigenvalue weighted by Crippen LogP contribution is -2.06. The number of aryl methyl sites for hydroxylation is 2. The van der Waals surface area contributed by atoms with Crippen LogP contribution in [-0.4, -0.2) is 37.5 Å². The number of benzene rings is 2. The molecule has 40 heavy (non-hydrogen) atoms. The SMILES string of the molecule is C=CC(=O)Nc1ccc(-c2c(-c3ccc(Oc4nccc(C)n4)c(OC)c3)c3c(C4CC4)ncnc3n2C)cc1. The largest absolute Gasteiger partial charge is 0.493 e. The Morgan fingerprint density at radius 1 is 1.05 bits per heavy atom. The van der Waals surface area contributed by atoms with Gasteiger partial charge in [0.2, 0.25) is 5.91 Å². The Balaban J connectivity index is 1.51. The first kappa shape index (κ1) is 25.2. The quantitative estimate of drug-likeness (QED) is 0.237. The van der Waals surface area contributed by atoms with Crippen molar-refractivity contribution in [2.45, 2.75) is 25.7 Å². The summed E-state index contributed by atoms with van der Waals surface area (Å²) in [5.41, 5.74) is 7.33. The first-order valence-electron chi connectivity index (χ1n) is 13.0. The van der Waals surface area contributed by atoms with Crippen LogP contribution in [0, 0.1) is 6.92 Å². The Hall–Kier alpha value is -5.05. The molecule has 1 fully saturated rings. The van der Waals surface area contributed by atoms with Crippen LogP contribution in [0.2, 0.25) is 0 Å². The fourth-order valence-corrected chi connectivity index (χ4v) is 4.95. The first-order chi connectivity index (χ1) is 19.5. The van der Waals surface area contributed by atoms with Gasteiger partial charge in [-0.25, -0.2) is 19.9 Å². The third-order valence-corrected chi connectivity index (χ3v) is 7.00. The van der Waals surface area contributed by atoms with E-state index in [1.165, 1.54) is 6.08 Å². The highest BCUT2D eigenvalue weighted by Gasteiger charge is 2.31. The maximum Gasteiger partial charge on any atom is 0.322 e. The highest BCUT2D eigenvalue weighted by molar-refractivity contribution is 6.05. The number of fused-ring (bicyclic) bond motifs is 1. The summed E-state index contributed by atoms with van der Waals surface area (Å²) in [7, 11) is 3.63. The topological polar surface area (TPSA) is 104 Å². The van der Waals surface area contributed by atoms with Gasteiger partial charge in [0.1, 0.15) is 12.0 Å². The number of nitrogens with one attached hydrogen (secondary N) is 1. The van der Waals surface area contributed by atoms with E-state index in [1.807, 2.05) is 62.5 Å². The molecular weight excluding hydrogens is 504 g/mol. The van der Waals surface area contributed by atoms with E-state index in [1.54, 1.807) is 19.6 Å². The minimum atomic E-state index is -0.257. The highest BCUT2D eigenvalue weighted by Crippen LogP contribution is 2.48. The van der Waals surface area contributed by atoms with Crippen molar-refractivity contribution >= 4 is 22.6 Å². The average Bonchev–Trinajstić information content (AvgIpc) is 3.77. The molecule has 1 amide bonds. The van der Waals surface area contributed by atoms with E-state index in [-0.39, 0.29) is 11.9 Å². The van der Waals surface area contributed by atoms with Gasteiger partial charge in [0.15, 0.2) is 11.5 Å². The fraction of sp³-hybridized carbons (Fsp3) is 0.194. The van der Waals surface area contributed by atoms with E-state index in [0.717, 1.165) is 57.6 Å². The number of carbonyl (C=O) groups excluding carboxylic acids is 1. The molecule has 5 aromatic rings. The molecule has 0 atom stereocenters. The number of hydrogen-bond donors (Lipinski definition) is 1. The predicted molar refractivity (Wildman–Crippen MR) is 154 cm³/mol. The minimum Gasteiger partial charge on any atom is -0.493 e. The summed E-state index contributed by atoms with van der Waals surface area (Å²) in [5.74, 6) is 1.23. The van der Waals surface area contributed by atoms with Crippen LogP contribution in [0.5, 0.6) is 17.5 Å². The molecule has 3 aromatic heterocycles. The van der Waals surface area contributed by atoms with E-state index >= 15 is 0 Å². The van der Waals surface area contributed by atoms with Gasteiger partial charge in [0.25, 0.3) is 0 Å².